The topological polar surface area (TPSA) is 50.4 Å². The van der Waals surface area contributed by atoms with E-state index in [1.807, 2.05) is 25.1 Å². The van der Waals surface area contributed by atoms with Gasteiger partial charge in [0.05, 0.1) is 12.8 Å². The van der Waals surface area contributed by atoms with Crippen LogP contribution in [0.15, 0.2) is 18.2 Å². The van der Waals surface area contributed by atoms with Crippen molar-refractivity contribution in [3.63, 3.8) is 0 Å². The van der Waals surface area contributed by atoms with Gasteiger partial charge in [0.25, 0.3) is 0 Å². The summed E-state index contributed by atoms with van der Waals surface area (Å²) in [6.45, 7) is 6.91. The van der Waals surface area contributed by atoms with Gasteiger partial charge in [0.15, 0.2) is 0 Å². The SMILES string of the molecule is COc1ccc(C)cc1NC(=O)NCCC(C)C. The van der Waals surface area contributed by atoms with Crippen molar-refractivity contribution in [3.8, 4) is 5.75 Å². The molecule has 4 heteroatoms. The van der Waals surface area contributed by atoms with Crippen LogP contribution in [0.5, 0.6) is 5.75 Å². The number of carbonyl (C=O) groups is 1. The highest BCUT2D eigenvalue weighted by Crippen LogP contribution is 2.24. The monoisotopic (exact) mass is 250 g/mol. The minimum Gasteiger partial charge on any atom is -0.495 e. The molecule has 0 aliphatic carbocycles. The summed E-state index contributed by atoms with van der Waals surface area (Å²) in [5.74, 6) is 1.25. The van der Waals surface area contributed by atoms with Crippen LogP contribution in [-0.4, -0.2) is 19.7 Å². The minimum absolute atomic E-state index is 0.195. The molecule has 0 aliphatic heterocycles. The van der Waals surface area contributed by atoms with Gasteiger partial charge in [-0.2, -0.15) is 0 Å². The van der Waals surface area contributed by atoms with Crippen molar-refractivity contribution in [2.45, 2.75) is 27.2 Å². The Morgan fingerprint density at radius 3 is 2.72 bits per heavy atom. The third-order valence-corrected chi connectivity index (χ3v) is 2.61. The Hall–Kier alpha value is -1.71. The molecule has 0 saturated heterocycles. The maximum atomic E-state index is 11.7. The van der Waals surface area contributed by atoms with Crippen molar-refractivity contribution in [2.75, 3.05) is 19.0 Å². The van der Waals surface area contributed by atoms with E-state index in [0.29, 0.717) is 23.9 Å². The molecule has 0 aliphatic rings. The molecule has 4 nitrogen and oxygen atoms in total. The summed E-state index contributed by atoms with van der Waals surface area (Å²) in [5.41, 5.74) is 1.77. The number of aryl methyl sites for hydroxylation is 1. The standard InChI is InChI=1S/C14H22N2O2/c1-10(2)7-8-15-14(17)16-12-9-11(3)5-6-13(12)18-4/h5-6,9-10H,7-8H2,1-4H3,(H2,15,16,17). The number of nitrogens with one attached hydrogen (secondary N) is 2. The van der Waals surface area contributed by atoms with Gasteiger partial charge in [-0.1, -0.05) is 19.9 Å². The first kappa shape index (κ1) is 14.4. The molecule has 18 heavy (non-hydrogen) atoms. The van der Waals surface area contributed by atoms with Gasteiger partial charge in [-0.3, -0.25) is 0 Å². The third-order valence-electron chi connectivity index (χ3n) is 2.61. The van der Waals surface area contributed by atoms with Gasteiger partial charge in [0.1, 0.15) is 5.75 Å². The molecule has 0 spiro atoms. The fourth-order valence-electron chi connectivity index (χ4n) is 1.56. The van der Waals surface area contributed by atoms with E-state index in [1.165, 1.54) is 0 Å². The quantitative estimate of drug-likeness (QED) is 0.843. The number of hydrogen-bond donors (Lipinski definition) is 2. The Bertz CT molecular complexity index is 403. The van der Waals surface area contributed by atoms with Gasteiger partial charge in [-0.15, -0.1) is 0 Å². The second-order valence-corrected chi connectivity index (χ2v) is 4.77. The van der Waals surface area contributed by atoms with Crippen molar-refractivity contribution in [3.05, 3.63) is 23.8 Å². The van der Waals surface area contributed by atoms with Crippen molar-refractivity contribution in [1.82, 2.24) is 5.32 Å². The molecular weight excluding hydrogens is 228 g/mol. The molecule has 2 N–H and O–H groups in total. The number of amides is 2. The molecule has 1 aromatic rings. The molecule has 1 rings (SSSR count). The Kier molecular flexibility index (Phi) is 5.49. The van der Waals surface area contributed by atoms with Gasteiger partial charge < -0.3 is 15.4 Å². The van der Waals surface area contributed by atoms with Gasteiger partial charge >= 0.3 is 6.03 Å². The zero-order valence-electron chi connectivity index (χ0n) is 11.5. The fraction of sp³-hybridized carbons (Fsp3) is 0.500. The highest BCUT2D eigenvalue weighted by molar-refractivity contribution is 5.91. The number of rotatable bonds is 5. The molecule has 0 radical (unpaired) electrons. The molecule has 0 saturated carbocycles. The lowest BCUT2D eigenvalue weighted by molar-refractivity contribution is 0.251. The fourth-order valence-corrected chi connectivity index (χ4v) is 1.56. The van der Waals surface area contributed by atoms with E-state index in [-0.39, 0.29) is 6.03 Å². The normalized spacial score (nSPS) is 10.3. The molecule has 100 valence electrons. The second kappa shape index (κ2) is 6.89. The number of anilines is 1. The van der Waals surface area contributed by atoms with E-state index < -0.39 is 0 Å². The second-order valence-electron chi connectivity index (χ2n) is 4.77. The van der Waals surface area contributed by atoms with Crippen LogP contribution in [0.4, 0.5) is 10.5 Å². The Morgan fingerprint density at radius 2 is 2.11 bits per heavy atom. The molecule has 0 atom stereocenters. The number of methoxy groups -OCH3 is 1. The Balaban J connectivity index is 2.55. The van der Waals surface area contributed by atoms with Crippen LogP contribution in [0, 0.1) is 12.8 Å². The first-order valence-corrected chi connectivity index (χ1v) is 6.22. The van der Waals surface area contributed by atoms with Gasteiger partial charge in [0.2, 0.25) is 0 Å². The summed E-state index contributed by atoms with van der Waals surface area (Å²) in [6.07, 6.45) is 0.971. The molecule has 2 amide bonds. The summed E-state index contributed by atoms with van der Waals surface area (Å²) >= 11 is 0. The highest BCUT2D eigenvalue weighted by Gasteiger charge is 2.07. The van der Waals surface area contributed by atoms with E-state index in [1.54, 1.807) is 7.11 Å². The maximum absolute atomic E-state index is 11.7. The lowest BCUT2D eigenvalue weighted by Crippen LogP contribution is -2.30. The van der Waals surface area contributed by atoms with E-state index in [0.717, 1.165) is 12.0 Å². The average molecular weight is 250 g/mol. The summed E-state index contributed by atoms with van der Waals surface area (Å²) in [6, 6.07) is 5.49. The molecule has 0 unspecified atom stereocenters. The molecule has 0 bridgehead atoms. The van der Waals surface area contributed by atoms with E-state index in [4.69, 9.17) is 4.74 Å². The van der Waals surface area contributed by atoms with Crippen molar-refractivity contribution >= 4 is 11.7 Å². The lowest BCUT2D eigenvalue weighted by atomic mass is 10.1. The summed E-state index contributed by atoms with van der Waals surface area (Å²) in [4.78, 5) is 11.7. The molecule has 0 fully saturated rings. The number of carbonyl (C=O) groups excluding carboxylic acids is 1. The third kappa shape index (κ3) is 4.65. The summed E-state index contributed by atoms with van der Waals surface area (Å²) < 4.78 is 5.20. The van der Waals surface area contributed by atoms with E-state index in [2.05, 4.69) is 24.5 Å². The number of hydrogen-bond acceptors (Lipinski definition) is 2. The van der Waals surface area contributed by atoms with Crippen LogP contribution in [-0.2, 0) is 0 Å². The van der Waals surface area contributed by atoms with Crippen LogP contribution in [0.1, 0.15) is 25.8 Å². The predicted octanol–water partition coefficient (Wildman–Crippen LogP) is 3.17. The van der Waals surface area contributed by atoms with E-state index >= 15 is 0 Å². The van der Waals surface area contributed by atoms with Gasteiger partial charge in [-0.25, -0.2) is 4.79 Å². The minimum atomic E-state index is -0.195. The number of urea groups is 1. The van der Waals surface area contributed by atoms with E-state index in [9.17, 15) is 4.79 Å². The zero-order chi connectivity index (χ0) is 13.5. The van der Waals surface area contributed by atoms with Crippen LogP contribution in [0.25, 0.3) is 0 Å². The van der Waals surface area contributed by atoms with Crippen molar-refractivity contribution in [2.24, 2.45) is 5.92 Å². The number of ether oxygens (including phenoxy) is 1. The summed E-state index contributed by atoms with van der Waals surface area (Å²) in [5, 5.41) is 5.63. The van der Waals surface area contributed by atoms with Gasteiger partial charge in [-0.05, 0) is 37.0 Å². The zero-order valence-corrected chi connectivity index (χ0v) is 11.5. The van der Waals surface area contributed by atoms with Crippen LogP contribution >= 0.6 is 0 Å². The average Bonchev–Trinajstić information content (AvgIpc) is 2.28. The number of benzene rings is 1. The lowest BCUT2D eigenvalue weighted by Gasteiger charge is -2.12. The first-order chi connectivity index (χ1) is 8.52. The van der Waals surface area contributed by atoms with Crippen molar-refractivity contribution in [1.29, 1.82) is 0 Å². The molecule has 0 heterocycles. The smallest absolute Gasteiger partial charge is 0.319 e. The molecular formula is C14H22N2O2. The first-order valence-electron chi connectivity index (χ1n) is 6.22. The van der Waals surface area contributed by atoms with Crippen molar-refractivity contribution < 1.29 is 9.53 Å². The highest BCUT2D eigenvalue weighted by atomic mass is 16.5. The molecule has 1 aromatic carbocycles. The van der Waals surface area contributed by atoms with Crippen LogP contribution in [0.3, 0.4) is 0 Å². The Labute approximate surface area is 109 Å². The summed E-state index contributed by atoms with van der Waals surface area (Å²) in [7, 11) is 1.59. The van der Waals surface area contributed by atoms with Crippen LogP contribution < -0.4 is 15.4 Å². The Morgan fingerprint density at radius 1 is 1.39 bits per heavy atom. The largest absolute Gasteiger partial charge is 0.495 e. The predicted molar refractivity (Wildman–Crippen MR) is 74.2 cm³/mol. The molecule has 0 aromatic heterocycles. The van der Waals surface area contributed by atoms with Crippen LogP contribution in [0.2, 0.25) is 0 Å². The van der Waals surface area contributed by atoms with Gasteiger partial charge in [0, 0.05) is 6.54 Å². The maximum Gasteiger partial charge on any atom is 0.319 e.